The molecule has 0 unspecified atom stereocenters. The number of H-pyrrole nitrogens is 1. The minimum absolute atomic E-state index is 0.0000463. The summed E-state index contributed by atoms with van der Waals surface area (Å²) >= 11 is 0. The monoisotopic (exact) mass is 286 g/mol. The Kier molecular flexibility index (Phi) is 2.65. The number of pyridine rings is 1. The number of carbonyl (C=O) groups is 1. The van der Waals surface area contributed by atoms with Gasteiger partial charge in [-0.05, 0) is 12.1 Å². The first kappa shape index (κ1) is 12.7. The van der Waals surface area contributed by atoms with Crippen molar-refractivity contribution in [3.05, 3.63) is 46.2 Å². The summed E-state index contributed by atoms with van der Waals surface area (Å²) in [5.41, 5.74) is 5.71. The number of aromatic carboxylic acids is 1. The third-order valence-corrected chi connectivity index (χ3v) is 3.05. The molecule has 0 atom stereocenters. The van der Waals surface area contributed by atoms with E-state index in [-0.39, 0.29) is 33.9 Å². The van der Waals surface area contributed by atoms with Crippen LogP contribution in [0.25, 0.3) is 16.6 Å². The molecule has 21 heavy (non-hydrogen) atoms. The minimum atomic E-state index is -1.14. The lowest BCUT2D eigenvalue weighted by Gasteiger charge is -2.07. The largest absolute Gasteiger partial charge is 0.494 e. The number of aromatic amines is 1. The Morgan fingerprint density at radius 3 is 2.76 bits per heavy atom. The number of aromatic nitrogens is 3. The number of nitrogens with two attached hydrogens (primary N) is 1. The molecule has 3 aromatic rings. The van der Waals surface area contributed by atoms with Crippen LogP contribution in [0.4, 0.5) is 5.82 Å². The van der Waals surface area contributed by atoms with Gasteiger partial charge in [0.15, 0.2) is 5.88 Å². The molecule has 0 radical (unpaired) electrons. The number of benzene rings is 1. The lowest BCUT2D eigenvalue weighted by Crippen LogP contribution is -2.10. The van der Waals surface area contributed by atoms with E-state index in [1.165, 1.54) is 22.9 Å². The topological polar surface area (TPSA) is 134 Å². The Labute approximate surface area is 117 Å². The molecule has 8 nitrogen and oxygen atoms in total. The van der Waals surface area contributed by atoms with Crippen LogP contribution in [-0.2, 0) is 0 Å². The van der Waals surface area contributed by atoms with Crippen molar-refractivity contribution in [1.29, 1.82) is 0 Å². The minimum Gasteiger partial charge on any atom is -0.494 e. The Hall–Kier alpha value is -3.29. The maximum absolute atomic E-state index is 11.8. The second-order valence-electron chi connectivity index (χ2n) is 4.36. The third-order valence-electron chi connectivity index (χ3n) is 3.05. The number of hydrogen-bond acceptors (Lipinski definition) is 5. The van der Waals surface area contributed by atoms with Crippen LogP contribution < -0.4 is 11.3 Å². The van der Waals surface area contributed by atoms with Crippen molar-refractivity contribution in [3.63, 3.8) is 0 Å². The summed E-state index contributed by atoms with van der Waals surface area (Å²) in [5, 5.41) is 22.8. The highest BCUT2D eigenvalue weighted by molar-refractivity contribution is 5.94. The van der Waals surface area contributed by atoms with E-state index in [0.717, 1.165) is 0 Å². The Morgan fingerprint density at radius 1 is 1.33 bits per heavy atom. The normalized spacial score (nSPS) is 10.9. The van der Waals surface area contributed by atoms with E-state index >= 15 is 0 Å². The SMILES string of the molecule is Nc1c2c(=O)[nH]c(O)cc2nn1-c1ccccc1C(=O)O. The van der Waals surface area contributed by atoms with Crippen LogP contribution in [0.3, 0.4) is 0 Å². The highest BCUT2D eigenvalue weighted by atomic mass is 16.4. The van der Waals surface area contributed by atoms with E-state index in [2.05, 4.69) is 10.1 Å². The van der Waals surface area contributed by atoms with Gasteiger partial charge in [-0.3, -0.25) is 9.78 Å². The summed E-state index contributed by atoms with van der Waals surface area (Å²) < 4.78 is 1.17. The molecule has 8 heteroatoms. The van der Waals surface area contributed by atoms with Gasteiger partial charge in [-0.1, -0.05) is 12.1 Å². The van der Waals surface area contributed by atoms with Gasteiger partial charge in [0.25, 0.3) is 5.56 Å². The molecule has 0 amide bonds. The first-order chi connectivity index (χ1) is 9.99. The van der Waals surface area contributed by atoms with Gasteiger partial charge in [0.05, 0.1) is 11.3 Å². The van der Waals surface area contributed by atoms with Gasteiger partial charge in [-0.2, -0.15) is 5.10 Å². The van der Waals surface area contributed by atoms with Crippen molar-refractivity contribution >= 4 is 22.7 Å². The van der Waals surface area contributed by atoms with Crippen LogP contribution in [-0.4, -0.2) is 30.9 Å². The maximum atomic E-state index is 11.8. The number of nitrogen functional groups attached to an aromatic ring is 1. The fourth-order valence-electron chi connectivity index (χ4n) is 2.15. The molecule has 0 fully saturated rings. The summed E-state index contributed by atoms with van der Waals surface area (Å²) in [6, 6.07) is 7.39. The Balaban J connectivity index is 2.37. The molecule has 0 aliphatic heterocycles. The van der Waals surface area contributed by atoms with Gasteiger partial charge < -0.3 is 15.9 Å². The fourth-order valence-corrected chi connectivity index (χ4v) is 2.15. The summed E-state index contributed by atoms with van der Waals surface area (Å²) in [5.74, 6) is -1.48. The van der Waals surface area contributed by atoms with E-state index < -0.39 is 11.5 Å². The first-order valence-corrected chi connectivity index (χ1v) is 5.92. The summed E-state index contributed by atoms with van der Waals surface area (Å²) in [7, 11) is 0. The summed E-state index contributed by atoms with van der Waals surface area (Å²) in [6.07, 6.45) is 0. The molecule has 0 saturated carbocycles. The third kappa shape index (κ3) is 1.89. The fraction of sp³-hybridized carbons (Fsp3) is 0. The van der Waals surface area contributed by atoms with Crippen molar-refractivity contribution < 1.29 is 15.0 Å². The number of carboxylic acids is 1. The van der Waals surface area contributed by atoms with E-state index in [1.54, 1.807) is 12.1 Å². The van der Waals surface area contributed by atoms with E-state index in [1.807, 2.05) is 0 Å². The highest BCUT2D eigenvalue weighted by Crippen LogP contribution is 2.24. The smallest absolute Gasteiger partial charge is 0.337 e. The number of hydrogen-bond donors (Lipinski definition) is 4. The van der Waals surface area contributed by atoms with Crippen LogP contribution >= 0.6 is 0 Å². The van der Waals surface area contributed by atoms with Gasteiger partial charge in [0, 0.05) is 6.07 Å². The van der Waals surface area contributed by atoms with Gasteiger partial charge >= 0.3 is 5.97 Å². The zero-order valence-electron chi connectivity index (χ0n) is 10.6. The molecule has 2 aromatic heterocycles. The van der Waals surface area contributed by atoms with Gasteiger partial charge in [0.2, 0.25) is 0 Å². The molecular formula is C13H10N4O4. The quantitative estimate of drug-likeness (QED) is 0.547. The van der Waals surface area contributed by atoms with Crippen LogP contribution in [0.5, 0.6) is 5.88 Å². The van der Waals surface area contributed by atoms with Gasteiger partial charge in [0.1, 0.15) is 16.7 Å². The van der Waals surface area contributed by atoms with E-state index in [0.29, 0.717) is 0 Å². The first-order valence-electron chi connectivity index (χ1n) is 5.92. The Morgan fingerprint density at radius 2 is 2.05 bits per heavy atom. The standard InChI is InChI=1S/C13H10N4O4/c14-11-10-7(5-9(18)15-12(10)19)16-17(11)8-4-2-1-3-6(8)13(20)21/h1-5,18H,14H2,(H,15,19)(H,20,21). The molecule has 0 aliphatic carbocycles. The zero-order chi connectivity index (χ0) is 15.1. The van der Waals surface area contributed by atoms with E-state index in [4.69, 9.17) is 5.73 Å². The van der Waals surface area contributed by atoms with Crippen LogP contribution in [0, 0.1) is 0 Å². The predicted octanol–water partition coefficient (Wildman–Crippen LogP) is 0.700. The zero-order valence-corrected chi connectivity index (χ0v) is 10.6. The van der Waals surface area contributed by atoms with Crippen molar-refractivity contribution in [2.24, 2.45) is 0 Å². The molecular weight excluding hydrogens is 276 g/mol. The Bertz CT molecular complexity index is 926. The van der Waals surface area contributed by atoms with Crippen molar-refractivity contribution in [2.45, 2.75) is 0 Å². The molecule has 2 heterocycles. The molecule has 3 rings (SSSR count). The molecule has 0 aliphatic rings. The molecule has 0 spiro atoms. The number of fused-ring (bicyclic) bond motifs is 1. The van der Waals surface area contributed by atoms with Gasteiger partial charge in [-0.15, -0.1) is 0 Å². The number of para-hydroxylation sites is 1. The molecule has 1 aromatic carbocycles. The highest BCUT2D eigenvalue weighted by Gasteiger charge is 2.18. The van der Waals surface area contributed by atoms with Crippen molar-refractivity contribution in [3.8, 4) is 11.6 Å². The average Bonchev–Trinajstić information content (AvgIpc) is 2.75. The number of nitrogens with zero attached hydrogens (tertiary/aromatic N) is 2. The van der Waals surface area contributed by atoms with Crippen molar-refractivity contribution in [2.75, 3.05) is 5.73 Å². The van der Waals surface area contributed by atoms with Crippen molar-refractivity contribution in [1.82, 2.24) is 14.8 Å². The lowest BCUT2D eigenvalue weighted by atomic mass is 10.2. The maximum Gasteiger partial charge on any atom is 0.337 e. The molecule has 106 valence electrons. The lowest BCUT2D eigenvalue weighted by molar-refractivity contribution is 0.0697. The second kappa shape index (κ2) is 4.37. The number of carboxylic acid groups (broad SMARTS) is 1. The average molecular weight is 286 g/mol. The summed E-state index contributed by atoms with van der Waals surface area (Å²) in [6.45, 7) is 0. The summed E-state index contributed by atoms with van der Waals surface area (Å²) in [4.78, 5) is 25.3. The number of anilines is 1. The van der Waals surface area contributed by atoms with E-state index in [9.17, 15) is 19.8 Å². The van der Waals surface area contributed by atoms with Crippen LogP contribution in [0.2, 0.25) is 0 Å². The molecule has 5 N–H and O–H groups in total. The number of rotatable bonds is 2. The van der Waals surface area contributed by atoms with Crippen LogP contribution in [0.1, 0.15) is 10.4 Å². The number of nitrogens with one attached hydrogen (secondary N) is 1. The predicted molar refractivity (Wildman–Crippen MR) is 74.7 cm³/mol. The molecule has 0 saturated heterocycles. The van der Waals surface area contributed by atoms with Gasteiger partial charge in [-0.25, -0.2) is 9.48 Å². The van der Waals surface area contributed by atoms with Crippen LogP contribution in [0.15, 0.2) is 35.1 Å². The number of aromatic hydroxyl groups is 1. The second-order valence-corrected chi connectivity index (χ2v) is 4.36. The molecule has 0 bridgehead atoms.